The molecule has 0 spiro atoms. The molecule has 8 nitrogen and oxygen atoms in total. The quantitative estimate of drug-likeness (QED) is 0.526. The van der Waals surface area contributed by atoms with Crippen molar-refractivity contribution in [3.8, 4) is 11.3 Å². The summed E-state index contributed by atoms with van der Waals surface area (Å²) in [6, 6.07) is 8.46. The van der Waals surface area contributed by atoms with E-state index in [1.165, 1.54) is 23.4 Å². The zero-order valence-corrected chi connectivity index (χ0v) is 21.2. The number of carbonyl (C=O) groups is 1. The van der Waals surface area contributed by atoms with Crippen LogP contribution in [0.5, 0.6) is 0 Å². The number of anilines is 1. The van der Waals surface area contributed by atoms with E-state index in [-0.39, 0.29) is 10.6 Å². The predicted molar refractivity (Wildman–Crippen MR) is 141 cm³/mol. The Morgan fingerprint density at radius 1 is 1.24 bits per heavy atom. The summed E-state index contributed by atoms with van der Waals surface area (Å²) in [7, 11) is 1.65. The van der Waals surface area contributed by atoms with Gasteiger partial charge in [0.1, 0.15) is 24.3 Å². The molecule has 5 rings (SSSR count). The molecule has 0 bridgehead atoms. The highest BCUT2D eigenvalue weighted by Crippen LogP contribution is 2.39. The van der Waals surface area contributed by atoms with Gasteiger partial charge in [-0.15, -0.1) is 0 Å². The number of nitrogens with two attached hydrogens (primary N) is 1. The Morgan fingerprint density at radius 3 is 2.73 bits per heavy atom. The Bertz CT molecular complexity index is 1440. The third-order valence-corrected chi connectivity index (χ3v) is 7.15. The Hall–Kier alpha value is -3.53. The first-order valence-corrected chi connectivity index (χ1v) is 12.3. The van der Waals surface area contributed by atoms with Gasteiger partial charge >= 0.3 is 0 Å². The first-order chi connectivity index (χ1) is 17.7. The summed E-state index contributed by atoms with van der Waals surface area (Å²) in [5.74, 6) is -2.28. The van der Waals surface area contributed by atoms with Crippen LogP contribution in [-0.4, -0.2) is 65.5 Å². The fraction of sp³-hybridized carbons (Fsp3) is 0.296. The average molecular weight is 524 g/mol. The highest BCUT2D eigenvalue weighted by molar-refractivity contribution is 6.32. The van der Waals surface area contributed by atoms with Gasteiger partial charge in [-0.25, -0.2) is 14.4 Å². The number of carbonyl (C=O) groups excluding carboxylic acids is 1. The minimum atomic E-state index is -1.02. The van der Waals surface area contributed by atoms with Crippen LogP contribution in [-0.2, 0) is 9.53 Å². The number of allylic oxidation sites excluding steroid dienone is 2. The molecule has 3 aromatic rings. The smallest absolute Gasteiger partial charge is 0.231 e. The molecule has 10 heteroatoms. The first-order valence-electron chi connectivity index (χ1n) is 11.9. The van der Waals surface area contributed by atoms with E-state index < -0.39 is 23.9 Å². The van der Waals surface area contributed by atoms with Gasteiger partial charge in [0, 0.05) is 47.5 Å². The predicted octanol–water partition coefficient (Wildman–Crippen LogP) is 3.59. The third-order valence-electron chi connectivity index (χ3n) is 6.82. The first kappa shape index (κ1) is 25.1. The maximum atomic E-state index is 15.4. The maximum absolute atomic E-state index is 15.4. The van der Waals surface area contributed by atoms with Crippen LogP contribution in [0.4, 0.5) is 10.1 Å². The third kappa shape index (κ3) is 4.77. The molecule has 1 fully saturated rings. The molecule has 2 atom stereocenters. The molecule has 0 radical (unpaired) electrons. The highest BCUT2D eigenvalue weighted by atomic mass is 35.5. The van der Waals surface area contributed by atoms with Crippen molar-refractivity contribution in [2.75, 3.05) is 38.3 Å². The summed E-state index contributed by atoms with van der Waals surface area (Å²) in [6.07, 6.45) is 3.86. The van der Waals surface area contributed by atoms with Gasteiger partial charge in [0.2, 0.25) is 5.91 Å². The minimum absolute atomic E-state index is 0.0500. The lowest BCUT2D eigenvalue weighted by Gasteiger charge is -2.34. The normalized spacial score (nSPS) is 19.0. The monoisotopic (exact) mass is 523 g/mol. The van der Waals surface area contributed by atoms with Crippen molar-refractivity contribution in [1.29, 1.82) is 0 Å². The van der Waals surface area contributed by atoms with Crippen LogP contribution in [0.3, 0.4) is 0 Å². The number of benzene rings is 2. The molecule has 3 N–H and O–H groups in total. The number of likely N-dealkylation sites (N-methyl/N-ethyl adjacent to an activating group) is 1. The summed E-state index contributed by atoms with van der Waals surface area (Å²) >= 11 is 6.47. The number of nitrogens with zero attached hydrogens (tertiary/aromatic N) is 4. The summed E-state index contributed by atoms with van der Waals surface area (Å²) in [5.41, 5.74) is 9.58. The van der Waals surface area contributed by atoms with Crippen molar-refractivity contribution in [3.05, 3.63) is 76.5 Å². The van der Waals surface area contributed by atoms with Gasteiger partial charge in [0.05, 0.1) is 24.4 Å². The Labute approximate surface area is 218 Å². The second-order valence-corrected chi connectivity index (χ2v) is 9.62. The van der Waals surface area contributed by atoms with Crippen LogP contribution in [0.25, 0.3) is 22.2 Å². The van der Waals surface area contributed by atoms with Crippen molar-refractivity contribution in [1.82, 2.24) is 14.9 Å². The number of hydrogen-bond donors (Lipinski definition) is 2. The fourth-order valence-electron chi connectivity index (χ4n) is 4.87. The number of morpholine rings is 1. The number of amides is 1. The van der Waals surface area contributed by atoms with E-state index in [0.717, 1.165) is 24.4 Å². The van der Waals surface area contributed by atoms with Gasteiger partial charge in [-0.1, -0.05) is 11.6 Å². The molecule has 2 aromatic carbocycles. The maximum Gasteiger partial charge on any atom is 0.231 e. The van der Waals surface area contributed by atoms with Gasteiger partial charge in [0.15, 0.2) is 0 Å². The number of hydrogen-bond acceptors (Lipinski definition) is 7. The lowest BCUT2D eigenvalue weighted by molar-refractivity contribution is -0.119. The second kappa shape index (κ2) is 10.1. The zero-order valence-electron chi connectivity index (χ0n) is 20.5. The zero-order chi connectivity index (χ0) is 26.3. The average Bonchev–Trinajstić information content (AvgIpc) is 2.88. The Morgan fingerprint density at radius 2 is 2.00 bits per heavy atom. The Kier molecular flexibility index (Phi) is 6.85. The van der Waals surface area contributed by atoms with Crippen molar-refractivity contribution >= 4 is 34.1 Å². The van der Waals surface area contributed by atoms with E-state index in [1.807, 2.05) is 25.1 Å². The van der Waals surface area contributed by atoms with E-state index in [4.69, 9.17) is 22.1 Å². The minimum Gasteiger partial charge on any atom is -0.378 e. The van der Waals surface area contributed by atoms with E-state index in [0.29, 0.717) is 41.1 Å². The molecule has 1 amide bonds. The van der Waals surface area contributed by atoms with Gasteiger partial charge in [-0.3, -0.25) is 4.79 Å². The van der Waals surface area contributed by atoms with Crippen molar-refractivity contribution < 1.29 is 19.0 Å². The number of aromatic nitrogens is 2. The molecule has 192 valence electrons. The molecule has 0 aliphatic carbocycles. The molecule has 0 saturated carbocycles. The number of rotatable bonds is 5. The number of aliphatic hydroxyl groups is 1. The fourth-order valence-corrected chi connectivity index (χ4v) is 5.13. The molecule has 1 saturated heterocycles. The highest BCUT2D eigenvalue weighted by Gasteiger charge is 2.32. The van der Waals surface area contributed by atoms with Crippen LogP contribution < -0.4 is 10.6 Å². The van der Waals surface area contributed by atoms with Crippen LogP contribution in [0, 0.1) is 5.82 Å². The molecule has 37 heavy (non-hydrogen) atoms. The lowest BCUT2D eigenvalue weighted by atomic mass is 9.89. The topological polar surface area (TPSA) is 105 Å². The largest absolute Gasteiger partial charge is 0.378 e. The SMILES string of the molecule is CC1=CC(O)N(C)C(C(C(N)=O)c2cc(-c3ncnc4cc(N5CCOCC5)ccc34)c(F)cc2Cl)=C1. The van der Waals surface area contributed by atoms with E-state index in [9.17, 15) is 9.90 Å². The van der Waals surface area contributed by atoms with E-state index in [2.05, 4.69) is 14.9 Å². The van der Waals surface area contributed by atoms with Crippen molar-refractivity contribution in [3.63, 3.8) is 0 Å². The number of primary amides is 1. The molecule has 2 aliphatic rings. The van der Waals surface area contributed by atoms with Crippen LogP contribution >= 0.6 is 11.6 Å². The number of fused-ring (bicyclic) bond motifs is 1. The molecular weight excluding hydrogens is 497 g/mol. The van der Waals surface area contributed by atoms with Crippen molar-refractivity contribution in [2.45, 2.75) is 19.1 Å². The standard InChI is InChI=1S/C27H27ClFN5O3/c1-15-9-23(33(2)24(35)10-15)25(27(30)36)18-12-19(21(29)13-20(18)28)26-17-4-3-16(11-22(17)31-14-32-26)34-5-7-37-8-6-34/h3-4,9-14,24-25,35H,5-8H2,1-2H3,(H2,30,36). The molecular formula is C27H27ClFN5O3. The summed E-state index contributed by atoms with van der Waals surface area (Å²) in [4.78, 5) is 25.3. The molecule has 2 aliphatic heterocycles. The second-order valence-electron chi connectivity index (χ2n) is 9.22. The lowest BCUT2D eigenvalue weighted by Crippen LogP contribution is -2.38. The molecule has 3 heterocycles. The summed E-state index contributed by atoms with van der Waals surface area (Å²) in [5, 5.41) is 11.1. The van der Waals surface area contributed by atoms with Gasteiger partial charge in [-0.05, 0) is 60.5 Å². The molecule has 1 aromatic heterocycles. The molecule has 2 unspecified atom stereocenters. The van der Waals surface area contributed by atoms with E-state index in [1.54, 1.807) is 19.2 Å². The van der Waals surface area contributed by atoms with Crippen molar-refractivity contribution in [2.24, 2.45) is 5.73 Å². The number of halogens is 2. The Balaban J connectivity index is 1.62. The number of aliphatic hydroxyl groups excluding tert-OH is 1. The number of ether oxygens (including phenoxy) is 1. The van der Waals surface area contributed by atoms with Gasteiger partial charge in [0.25, 0.3) is 0 Å². The van der Waals surface area contributed by atoms with E-state index >= 15 is 4.39 Å². The van der Waals surface area contributed by atoms with Crippen LogP contribution in [0.1, 0.15) is 18.4 Å². The summed E-state index contributed by atoms with van der Waals surface area (Å²) in [6.45, 7) is 4.68. The van der Waals surface area contributed by atoms with Crippen LogP contribution in [0.15, 0.2) is 60.1 Å². The summed E-state index contributed by atoms with van der Waals surface area (Å²) < 4.78 is 20.8. The van der Waals surface area contributed by atoms with Gasteiger partial charge in [-0.2, -0.15) is 0 Å². The van der Waals surface area contributed by atoms with Crippen LogP contribution in [0.2, 0.25) is 5.02 Å². The van der Waals surface area contributed by atoms with Gasteiger partial charge < -0.3 is 25.4 Å².